The molecule has 8 heteroatoms. The minimum absolute atomic E-state index is 0.0391. The van der Waals surface area contributed by atoms with Crippen LogP contribution in [0, 0.1) is 5.82 Å². The number of amides is 2. The number of piperidine rings is 1. The number of halogens is 1. The molecule has 1 aliphatic rings. The number of hydrogen-bond donors (Lipinski definition) is 2. The zero-order valence-electron chi connectivity index (χ0n) is 13.5. The van der Waals surface area contributed by atoms with E-state index in [4.69, 9.17) is 4.74 Å². The van der Waals surface area contributed by atoms with E-state index in [1.165, 1.54) is 12.1 Å². The van der Waals surface area contributed by atoms with Crippen molar-refractivity contribution >= 4 is 23.4 Å². The normalized spacial score (nSPS) is 14.1. The van der Waals surface area contributed by atoms with Crippen LogP contribution in [0.15, 0.2) is 29.4 Å². The van der Waals surface area contributed by atoms with E-state index >= 15 is 0 Å². The fourth-order valence-corrected chi connectivity index (χ4v) is 2.20. The Bertz CT molecular complexity index is 594. The van der Waals surface area contributed by atoms with Crippen LogP contribution >= 0.6 is 0 Å². The van der Waals surface area contributed by atoms with Crippen molar-refractivity contribution in [1.29, 1.82) is 0 Å². The molecule has 2 N–H and O–H groups in total. The molecule has 0 aliphatic carbocycles. The molecular weight excluding hydrogens is 315 g/mol. The maximum atomic E-state index is 12.8. The van der Waals surface area contributed by atoms with Gasteiger partial charge < -0.3 is 15.0 Å². The first-order chi connectivity index (χ1) is 11.6. The first-order valence-corrected chi connectivity index (χ1v) is 7.84. The Balaban J connectivity index is 1.70. The van der Waals surface area contributed by atoms with Crippen LogP contribution < -0.4 is 10.7 Å². The van der Waals surface area contributed by atoms with E-state index in [0.29, 0.717) is 38.2 Å². The average molecular weight is 336 g/mol. The Morgan fingerprint density at radius 3 is 2.54 bits per heavy atom. The molecule has 2 rings (SSSR count). The molecule has 1 heterocycles. The highest BCUT2D eigenvalue weighted by Gasteiger charge is 2.20. The molecule has 0 atom stereocenters. The molecular formula is C16H21FN4O3. The van der Waals surface area contributed by atoms with Gasteiger partial charge >= 0.3 is 6.09 Å². The van der Waals surface area contributed by atoms with Crippen molar-refractivity contribution in [2.45, 2.75) is 19.8 Å². The lowest BCUT2D eigenvalue weighted by molar-refractivity contribution is -0.119. The quantitative estimate of drug-likeness (QED) is 0.805. The summed E-state index contributed by atoms with van der Waals surface area (Å²) in [6.07, 6.45) is 0.888. The van der Waals surface area contributed by atoms with Crippen LogP contribution in [0.2, 0.25) is 0 Å². The molecule has 0 spiro atoms. The number of ether oxygens (including phenoxy) is 1. The van der Waals surface area contributed by atoms with E-state index < -0.39 is 0 Å². The van der Waals surface area contributed by atoms with Gasteiger partial charge in [0.1, 0.15) is 5.82 Å². The number of hydrazone groups is 1. The zero-order valence-corrected chi connectivity index (χ0v) is 13.5. The first-order valence-electron chi connectivity index (χ1n) is 7.84. The smallest absolute Gasteiger partial charge is 0.409 e. The molecule has 0 radical (unpaired) electrons. The maximum Gasteiger partial charge on any atom is 0.409 e. The largest absolute Gasteiger partial charge is 0.450 e. The number of hydrogen-bond acceptors (Lipinski definition) is 5. The van der Waals surface area contributed by atoms with Crippen molar-refractivity contribution < 1.29 is 18.7 Å². The van der Waals surface area contributed by atoms with Crippen LogP contribution in [0.25, 0.3) is 0 Å². The van der Waals surface area contributed by atoms with Gasteiger partial charge in [0, 0.05) is 37.3 Å². The summed E-state index contributed by atoms with van der Waals surface area (Å²) in [6, 6.07) is 5.74. The molecule has 1 aromatic carbocycles. The summed E-state index contributed by atoms with van der Waals surface area (Å²) in [4.78, 5) is 24.9. The summed E-state index contributed by atoms with van der Waals surface area (Å²) < 4.78 is 17.7. The summed E-state index contributed by atoms with van der Waals surface area (Å²) in [7, 11) is 0. The molecule has 0 aromatic heterocycles. The van der Waals surface area contributed by atoms with Crippen LogP contribution in [0.5, 0.6) is 0 Å². The monoisotopic (exact) mass is 336 g/mol. The average Bonchev–Trinajstić information content (AvgIpc) is 2.60. The van der Waals surface area contributed by atoms with E-state index in [1.807, 2.05) is 0 Å². The Hall–Kier alpha value is -2.64. The lowest BCUT2D eigenvalue weighted by Crippen LogP contribution is -2.39. The number of carbonyl (C=O) groups is 2. The second-order valence-corrected chi connectivity index (χ2v) is 5.26. The third-order valence-electron chi connectivity index (χ3n) is 3.50. The highest BCUT2D eigenvalue weighted by Crippen LogP contribution is 2.09. The number of likely N-dealkylation sites (tertiary alicyclic amines) is 1. The fraction of sp³-hybridized carbons (Fsp3) is 0.438. The molecule has 1 saturated heterocycles. The summed E-state index contributed by atoms with van der Waals surface area (Å²) in [5, 5.41) is 6.97. The molecule has 0 unspecified atom stereocenters. The van der Waals surface area contributed by atoms with Gasteiger partial charge in [0.15, 0.2) is 0 Å². The Labute approximate surface area is 139 Å². The van der Waals surface area contributed by atoms with E-state index in [-0.39, 0.29) is 24.4 Å². The van der Waals surface area contributed by atoms with Gasteiger partial charge in [-0.2, -0.15) is 5.10 Å². The molecule has 0 saturated carbocycles. The molecule has 0 bridgehead atoms. The van der Waals surface area contributed by atoms with Gasteiger partial charge in [-0.25, -0.2) is 14.6 Å². The van der Waals surface area contributed by atoms with Gasteiger partial charge in [-0.3, -0.25) is 4.79 Å². The van der Waals surface area contributed by atoms with Crippen LogP contribution in [-0.2, 0) is 9.53 Å². The van der Waals surface area contributed by atoms with Crippen molar-refractivity contribution in [3.63, 3.8) is 0 Å². The van der Waals surface area contributed by atoms with Crippen molar-refractivity contribution in [2.75, 3.05) is 31.6 Å². The lowest BCUT2D eigenvalue weighted by Gasteiger charge is -2.26. The SMILES string of the molecule is CCOC(=O)N1CCC(=NNC(=O)CNc2ccc(F)cc2)CC1. The zero-order chi connectivity index (χ0) is 17.4. The number of carbonyl (C=O) groups excluding carboxylic acids is 2. The summed E-state index contributed by atoms with van der Waals surface area (Å²) in [6.45, 7) is 3.22. The predicted molar refractivity (Wildman–Crippen MR) is 88.3 cm³/mol. The number of anilines is 1. The van der Waals surface area contributed by atoms with Gasteiger partial charge in [0.05, 0.1) is 13.2 Å². The van der Waals surface area contributed by atoms with Crippen LogP contribution in [-0.4, -0.2) is 48.9 Å². The molecule has 7 nitrogen and oxygen atoms in total. The van der Waals surface area contributed by atoms with Crippen molar-refractivity contribution in [2.24, 2.45) is 5.10 Å². The fourth-order valence-electron chi connectivity index (χ4n) is 2.20. The van der Waals surface area contributed by atoms with Gasteiger partial charge in [-0.05, 0) is 31.2 Å². The highest BCUT2D eigenvalue weighted by molar-refractivity contribution is 5.89. The maximum absolute atomic E-state index is 12.8. The molecule has 1 fully saturated rings. The Kier molecular flexibility index (Phi) is 6.53. The molecule has 1 aliphatic heterocycles. The minimum atomic E-state index is -0.328. The van der Waals surface area contributed by atoms with E-state index in [2.05, 4.69) is 15.8 Å². The van der Waals surface area contributed by atoms with Crippen LogP contribution in [0.1, 0.15) is 19.8 Å². The second-order valence-electron chi connectivity index (χ2n) is 5.26. The van der Waals surface area contributed by atoms with Gasteiger partial charge in [0.2, 0.25) is 0 Å². The number of nitrogens with one attached hydrogen (secondary N) is 2. The summed E-state index contributed by atoms with van der Waals surface area (Å²) in [5.74, 6) is -0.620. The molecule has 2 amide bonds. The lowest BCUT2D eigenvalue weighted by atomic mass is 10.1. The van der Waals surface area contributed by atoms with Crippen molar-refractivity contribution in [3.8, 4) is 0 Å². The third-order valence-corrected chi connectivity index (χ3v) is 3.50. The number of nitrogens with zero attached hydrogens (tertiary/aromatic N) is 2. The Morgan fingerprint density at radius 1 is 1.25 bits per heavy atom. The standard InChI is InChI=1S/C16H21FN4O3/c1-2-24-16(23)21-9-7-14(8-10-21)19-20-15(22)11-18-13-5-3-12(17)4-6-13/h3-6,18H,2,7-11H2,1H3,(H,20,22). The first kappa shape index (κ1) is 17.7. The molecule has 24 heavy (non-hydrogen) atoms. The third kappa shape index (κ3) is 5.53. The topological polar surface area (TPSA) is 83.0 Å². The van der Waals surface area contributed by atoms with Gasteiger partial charge in [-0.1, -0.05) is 0 Å². The molecule has 130 valence electrons. The number of benzene rings is 1. The van der Waals surface area contributed by atoms with E-state index in [0.717, 1.165) is 5.71 Å². The van der Waals surface area contributed by atoms with Crippen molar-refractivity contribution in [3.05, 3.63) is 30.1 Å². The predicted octanol–water partition coefficient (Wildman–Crippen LogP) is 1.96. The highest BCUT2D eigenvalue weighted by atomic mass is 19.1. The van der Waals surface area contributed by atoms with E-state index in [9.17, 15) is 14.0 Å². The summed E-state index contributed by atoms with van der Waals surface area (Å²) >= 11 is 0. The molecule has 1 aromatic rings. The van der Waals surface area contributed by atoms with Gasteiger partial charge in [-0.15, -0.1) is 0 Å². The summed E-state index contributed by atoms with van der Waals surface area (Å²) in [5.41, 5.74) is 3.97. The van der Waals surface area contributed by atoms with E-state index in [1.54, 1.807) is 24.0 Å². The van der Waals surface area contributed by atoms with Crippen molar-refractivity contribution in [1.82, 2.24) is 10.3 Å². The second kappa shape index (κ2) is 8.85. The van der Waals surface area contributed by atoms with Crippen LogP contribution in [0.3, 0.4) is 0 Å². The van der Waals surface area contributed by atoms with Gasteiger partial charge in [0.25, 0.3) is 5.91 Å². The minimum Gasteiger partial charge on any atom is -0.450 e. The number of rotatable bonds is 5. The van der Waals surface area contributed by atoms with Crippen LogP contribution in [0.4, 0.5) is 14.9 Å². The Morgan fingerprint density at radius 2 is 1.92 bits per heavy atom.